The van der Waals surface area contributed by atoms with E-state index >= 15 is 0 Å². The molecule has 0 unspecified atom stereocenters. The van der Waals surface area contributed by atoms with Crippen molar-refractivity contribution >= 4 is 5.96 Å². The molecule has 0 spiro atoms. The van der Waals surface area contributed by atoms with Crippen LogP contribution in [0.3, 0.4) is 0 Å². The van der Waals surface area contributed by atoms with Gasteiger partial charge in [-0.25, -0.2) is 0 Å². The van der Waals surface area contributed by atoms with Crippen LogP contribution in [0.1, 0.15) is 71.1 Å². The predicted molar refractivity (Wildman–Crippen MR) is 94.8 cm³/mol. The summed E-state index contributed by atoms with van der Waals surface area (Å²) in [6.07, 6.45) is 12.2. The van der Waals surface area contributed by atoms with Gasteiger partial charge < -0.3 is 20.5 Å². The van der Waals surface area contributed by atoms with Crippen LogP contribution in [-0.2, 0) is 4.74 Å². The van der Waals surface area contributed by atoms with Crippen molar-refractivity contribution in [2.75, 3.05) is 26.2 Å². The second kappa shape index (κ2) is 10.1. The molecule has 0 aromatic carbocycles. The summed E-state index contributed by atoms with van der Waals surface area (Å²) in [6.45, 7) is 4.86. The van der Waals surface area contributed by atoms with E-state index in [1.807, 2.05) is 0 Å². The lowest BCUT2D eigenvalue weighted by atomic mass is 10.0. The second-order valence-electron chi connectivity index (χ2n) is 7.04. The maximum absolute atomic E-state index is 10.4. The van der Waals surface area contributed by atoms with E-state index in [2.05, 4.69) is 22.5 Å². The average molecular weight is 325 g/mol. The Bertz CT molecular complexity index is 346. The number of ether oxygens (including phenoxy) is 1. The van der Waals surface area contributed by atoms with Gasteiger partial charge >= 0.3 is 0 Å². The van der Waals surface area contributed by atoms with Crippen LogP contribution >= 0.6 is 0 Å². The van der Waals surface area contributed by atoms with E-state index in [0.29, 0.717) is 12.6 Å². The fraction of sp³-hybridized carbons (Fsp3) is 0.944. The smallest absolute Gasteiger partial charge is 0.191 e. The Morgan fingerprint density at radius 2 is 1.78 bits per heavy atom. The number of aliphatic imine (C=N–C) groups is 1. The van der Waals surface area contributed by atoms with E-state index in [-0.39, 0.29) is 0 Å². The molecule has 2 aliphatic rings. The Balaban J connectivity index is 1.67. The molecule has 0 radical (unpaired) electrons. The molecule has 5 nitrogen and oxygen atoms in total. The van der Waals surface area contributed by atoms with Crippen LogP contribution in [0.5, 0.6) is 0 Å². The molecule has 0 aliphatic heterocycles. The Hall–Kier alpha value is -0.810. The zero-order chi connectivity index (χ0) is 16.4. The molecule has 134 valence electrons. The standard InChI is InChI=1S/C18H35N3O2/c1-2-19-17(21-15-18(22)11-7-8-12-18)20-13-14-23-16-9-5-3-4-6-10-16/h16,22H,2-15H2,1H3,(H2,19,20,21). The minimum atomic E-state index is -0.584. The van der Waals surface area contributed by atoms with E-state index in [0.717, 1.165) is 51.3 Å². The fourth-order valence-electron chi connectivity index (χ4n) is 3.56. The summed E-state index contributed by atoms with van der Waals surface area (Å²) in [4.78, 5) is 4.56. The minimum absolute atomic E-state index is 0.443. The maximum Gasteiger partial charge on any atom is 0.191 e. The van der Waals surface area contributed by atoms with Crippen LogP contribution in [-0.4, -0.2) is 49.0 Å². The van der Waals surface area contributed by atoms with Crippen molar-refractivity contribution in [1.29, 1.82) is 0 Å². The Kier molecular flexibility index (Phi) is 8.17. The Morgan fingerprint density at radius 1 is 1.09 bits per heavy atom. The van der Waals surface area contributed by atoms with Gasteiger partial charge in [0.2, 0.25) is 0 Å². The molecular weight excluding hydrogens is 290 g/mol. The van der Waals surface area contributed by atoms with Crippen molar-refractivity contribution in [2.24, 2.45) is 4.99 Å². The number of hydrogen-bond donors (Lipinski definition) is 3. The Labute approximate surface area is 141 Å². The lowest BCUT2D eigenvalue weighted by molar-refractivity contribution is 0.0467. The largest absolute Gasteiger partial charge is 0.388 e. The van der Waals surface area contributed by atoms with E-state index in [4.69, 9.17) is 4.74 Å². The third kappa shape index (κ3) is 7.08. The van der Waals surface area contributed by atoms with Crippen molar-refractivity contribution < 1.29 is 9.84 Å². The topological polar surface area (TPSA) is 65.9 Å². The van der Waals surface area contributed by atoms with Crippen molar-refractivity contribution in [2.45, 2.75) is 82.8 Å². The molecule has 2 saturated carbocycles. The van der Waals surface area contributed by atoms with Gasteiger partial charge in [0.05, 0.1) is 24.9 Å². The second-order valence-corrected chi connectivity index (χ2v) is 7.04. The monoisotopic (exact) mass is 325 g/mol. The lowest BCUT2D eigenvalue weighted by Gasteiger charge is -2.21. The molecule has 2 aliphatic carbocycles. The Morgan fingerprint density at radius 3 is 2.43 bits per heavy atom. The first-order chi connectivity index (χ1) is 11.2. The quantitative estimate of drug-likeness (QED) is 0.291. The molecule has 2 rings (SSSR count). The predicted octanol–water partition coefficient (Wildman–Crippen LogP) is 2.59. The van der Waals surface area contributed by atoms with E-state index < -0.39 is 5.60 Å². The highest BCUT2D eigenvalue weighted by atomic mass is 16.5. The molecule has 0 amide bonds. The normalized spacial score (nSPS) is 22.8. The molecule has 5 heteroatoms. The van der Waals surface area contributed by atoms with Crippen LogP contribution in [0, 0.1) is 0 Å². The molecule has 0 saturated heterocycles. The zero-order valence-corrected chi connectivity index (χ0v) is 14.8. The first-order valence-electron chi connectivity index (χ1n) is 9.58. The zero-order valence-electron chi connectivity index (χ0n) is 14.8. The number of guanidine groups is 1. The summed E-state index contributed by atoms with van der Waals surface area (Å²) in [6, 6.07) is 0. The third-order valence-electron chi connectivity index (χ3n) is 4.96. The number of nitrogens with zero attached hydrogens (tertiary/aromatic N) is 1. The van der Waals surface area contributed by atoms with Crippen LogP contribution < -0.4 is 10.6 Å². The summed E-state index contributed by atoms with van der Waals surface area (Å²) in [5, 5.41) is 17.0. The molecule has 0 bridgehead atoms. The summed E-state index contributed by atoms with van der Waals surface area (Å²) in [7, 11) is 0. The third-order valence-corrected chi connectivity index (χ3v) is 4.96. The SMILES string of the molecule is CCNC(=NCC1(O)CCCC1)NCCOC1CCCCCC1. The van der Waals surface area contributed by atoms with Crippen molar-refractivity contribution in [1.82, 2.24) is 10.6 Å². The highest BCUT2D eigenvalue weighted by Crippen LogP contribution is 2.29. The van der Waals surface area contributed by atoms with Crippen molar-refractivity contribution in [3.63, 3.8) is 0 Å². The summed E-state index contributed by atoms with van der Waals surface area (Å²) in [5.74, 6) is 0.789. The van der Waals surface area contributed by atoms with Gasteiger partial charge in [-0.2, -0.15) is 0 Å². The van der Waals surface area contributed by atoms with Crippen LogP contribution in [0.15, 0.2) is 4.99 Å². The molecule has 0 aromatic rings. The highest BCUT2D eigenvalue weighted by Gasteiger charge is 2.30. The number of aliphatic hydroxyl groups is 1. The molecule has 23 heavy (non-hydrogen) atoms. The molecule has 0 heterocycles. The summed E-state index contributed by atoms with van der Waals surface area (Å²) < 4.78 is 5.99. The van der Waals surface area contributed by atoms with Crippen molar-refractivity contribution in [3.8, 4) is 0 Å². The van der Waals surface area contributed by atoms with E-state index in [1.165, 1.54) is 38.5 Å². The van der Waals surface area contributed by atoms with Crippen molar-refractivity contribution in [3.05, 3.63) is 0 Å². The highest BCUT2D eigenvalue weighted by molar-refractivity contribution is 5.79. The average Bonchev–Trinajstić information content (AvgIpc) is 2.82. The lowest BCUT2D eigenvalue weighted by Crippen LogP contribution is -2.41. The van der Waals surface area contributed by atoms with E-state index in [9.17, 15) is 5.11 Å². The molecular formula is C18H35N3O2. The molecule has 0 aromatic heterocycles. The van der Waals surface area contributed by atoms with Gasteiger partial charge in [-0.05, 0) is 32.6 Å². The van der Waals surface area contributed by atoms with Gasteiger partial charge in [0.1, 0.15) is 0 Å². The van der Waals surface area contributed by atoms with Crippen LogP contribution in [0.2, 0.25) is 0 Å². The maximum atomic E-state index is 10.4. The van der Waals surface area contributed by atoms with Crippen LogP contribution in [0.4, 0.5) is 0 Å². The van der Waals surface area contributed by atoms with Crippen LogP contribution in [0.25, 0.3) is 0 Å². The van der Waals surface area contributed by atoms with Gasteiger partial charge in [-0.1, -0.05) is 38.5 Å². The fourth-order valence-corrected chi connectivity index (χ4v) is 3.56. The molecule has 3 N–H and O–H groups in total. The van der Waals surface area contributed by atoms with Gasteiger partial charge in [-0.15, -0.1) is 0 Å². The summed E-state index contributed by atoms with van der Waals surface area (Å²) in [5.41, 5.74) is -0.584. The minimum Gasteiger partial charge on any atom is -0.388 e. The number of nitrogens with one attached hydrogen (secondary N) is 2. The number of rotatable bonds is 7. The molecule has 2 fully saturated rings. The molecule has 0 atom stereocenters. The van der Waals surface area contributed by atoms with Gasteiger partial charge in [0.15, 0.2) is 5.96 Å². The summed E-state index contributed by atoms with van der Waals surface area (Å²) >= 11 is 0. The van der Waals surface area contributed by atoms with Gasteiger partial charge in [0, 0.05) is 13.1 Å². The first-order valence-corrected chi connectivity index (χ1v) is 9.58. The van der Waals surface area contributed by atoms with Gasteiger partial charge in [0.25, 0.3) is 0 Å². The number of hydrogen-bond acceptors (Lipinski definition) is 3. The van der Waals surface area contributed by atoms with Gasteiger partial charge in [-0.3, -0.25) is 4.99 Å². The first kappa shape index (κ1) is 18.5. The van der Waals surface area contributed by atoms with E-state index in [1.54, 1.807) is 0 Å².